The predicted octanol–water partition coefficient (Wildman–Crippen LogP) is 1.11. The number of benzene rings is 1. The Morgan fingerprint density at radius 1 is 1.21 bits per heavy atom. The van der Waals surface area contributed by atoms with Gasteiger partial charge in [-0.15, -0.1) is 0 Å². The number of aliphatic hydroxyl groups is 1. The highest BCUT2D eigenvalue weighted by atomic mass is 16.5. The van der Waals surface area contributed by atoms with Crippen molar-refractivity contribution in [3.05, 3.63) is 62.7 Å². The Kier molecular flexibility index (Phi) is 5.02. The van der Waals surface area contributed by atoms with Crippen LogP contribution in [0.2, 0.25) is 0 Å². The van der Waals surface area contributed by atoms with Crippen LogP contribution < -0.4 is 11.2 Å². The van der Waals surface area contributed by atoms with Crippen molar-refractivity contribution >= 4 is 16.9 Å². The molecule has 1 spiro atoms. The van der Waals surface area contributed by atoms with Crippen molar-refractivity contribution in [2.45, 2.75) is 50.4 Å². The van der Waals surface area contributed by atoms with Crippen LogP contribution in [0, 0.1) is 6.92 Å². The number of fused-ring (bicyclic) bond motifs is 1. The number of hydrogen-bond acceptors (Lipinski definition) is 6. The van der Waals surface area contributed by atoms with Crippen molar-refractivity contribution in [2.75, 3.05) is 19.7 Å². The number of nitrogens with one attached hydrogen (secondary N) is 2. The second kappa shape index (κ2) is 7.67. The molecule has 10 heteroatoms. The number of nitrogens with zero attached hydrogens (tertiary/aromatic N) is 3. The van der Waals surface area contributed by atoms with Gasteiger partial charge in [0.2, 0.25) is 0 Å². The highest BCUT2D eigenvalue weighted by molar-refractivity contribution is 5.97. The smallest absolute Gasteiger partial charge is 0.328 e. The molecule has 2 aliphatic rings. The van der Waals surface area contributed by atoms with Crippen LogP contribution in [-0.2, 0) is 4.74 Å². The second-order valence-electron chi connectivity index (χ2n) is 9.41. The van der Waals surface area contributed by atoms with Gasteiger partial charge in [-0.25, -0.2) is 9.78 Å². The second-order valence-corrected chi connectivity index (χ2v) is 9.41. The van der Waals surface area contributed by atoms with Crippen LogP contribution in [0.25, 0.3) is 11.0 Å². The van der Waals surface area contributed by atoms with Gasteiger partial charge in [-0.3, -0.25) is 19.1 Å². The SMILES string of the molecule is Cc1nc2ccc(C(=O)N3CCC4(CC3)C[C@H](n3ccc(=O)[nH]c3=O)[C@@](C)(O)CO4)cc2[nH]1. The van der Waals surface area contributed by atoms with Crippen LogP contribution >= 0.6 is 0 Å². The fraction of sp³-hybridized carbons (Fsp3) is 0.478. The highest BCUT2D eigenvalue weighted by Crippen LogP contribution is 2.43. The van der Waals surface area contributed by atoms with E-state index in [2.05, 4.69) is 15.0 Å². The molecule has 0 unspecified atom stereocenters. The van der Waals surface area contributed by atoms with E-state index in [9.17, 15) is 19.5 Å². The fourth-order valence-corrected chi connectivity index (χ4v) is 5.02. The molecule has 3 N–H and O–H groups in total. The maximum atomic E-state index is 13.1. The number of aromatic amines is 2. The molecular formula is C23H27N5O5. The maximum Gasteiger partial charge on any atom is 0.328 e. The van der Waals surface area contributed by atoms with Gasteiger partial charge in [0, 0.05) is 37.3 Å². The molecule has 2 saturated heterocycles. The standard InChI is InChI=1S/C23H27N5O5/c1-14-24-16-4-3-15(11-17(16)25-14)20(30)27-9-6-23(7-10-27)12-18(22(2,32)13-33-23)28-8-5-19(29)26-21(28)31/h3-5,8,11,18,32H,6-7,9-10,12-13H2,1-2H3,(H,24,25)(H,26,29,31)/t18-,22-/m0/s1. The van der Waals surface area contributed by atoms with Crippen molar-refractivity contribution in [1.29, 1.82) is 0 Å². The maximum absolute atomic E-state index is 13.1. The molecular weight excluding hydrogens is 426 g/mol. The van der Waals surface area contributed by atoms with Crippen LogP contribution in [0.15, 0.2) is 40.1 Å². The third-order valence-electron chi connectivity index (χ3n) is 6.95. The monoisotopic (exact) mass is 453 g/mol. The number of piperidine rings is 1. The van der Waals surface area contributed by atoms with Gasteiger partial charge in [0.1, 0.15) is 11.4 Å². The van der Waals surface area contributed by atoms with Gasteiger partial charge in [-0.2, -0.15) is 0 Å². The van der Waals surface area contributed by atoms with Gasteiger partial charge in [-0.05, 0) is 44.9 Å². The minimum Gasteiger partial charge on any atom is -0.386 e. The van der Waals surface area contributed by atoms with E-state index in [1.165, 1.54) is 16.8 Å². The average molecular weight is 453 g/mol. The Balaban J connectivity index is 1.33. The number of amides is 1. The summed E-state index contributed by atoms with van der Waals surface area (Å²) in [5, 5.41) is 10.9. The van der Waals surface area contributed by atoms with E-state index in [1.54, 1.807) is 13.0 Å². The number of ether oxygens (including phenoxy) is 1. The highest BCUT2D eigenvalue weighted by Gasteiger charge is 2.49. The Bertz CT molecular complexity index is 1330. The van der Waals surface area contributed by atoms with Crippen LogP contribution in [0.4, 0.5) is 0 Å². The minimum atomic E-state index is -1.27. The first-order valence-corrected chi connectivity index (χ1v) is 11.1. The molecule has 0 aliphatic carbocycles. The van der Waals surface area contributed by atoms with Crippen molar-refractivity contribution < 1.29 is 14.6 Å². The molecule has 10 nitrogen and oxygen atoms in total. The summed E-state index contributed by atoms with van der Waals surface area (Å²) in [4.78, 5) is 48.6. The van der Waals surface area contributed by atoms with E-state index in [4.69, 9.17) is 4.74 Å². The molecule has 0 radical (unpaired) electrons. The first-order valence-electron chi connectivity index (χ1n) is 11.1. The molecule has 3 aromatic rings. The molecule has 1 aromatic carbocycles. The van der Waals surface area contributed by atoms with E-state index in [0.29, 0.717) is 37.9 Å². The van der Waals surface area contributed by atoms with Gasteiger partial charge < -0.3 is 19.7 Å². The average Bonchev–Trinajstić information content (AvgIpc) is 3.15. The number of aromatic nitrogens is 4. The van der Waals surface area contributed by atoms with Gasteiger partial charge in [-0.1, -0.05) is 0 Å². The Morgan fingerprint density at radius 2 is 1.97 bits per heavy atom. The number of imidazole rings is 1. The molecule has 5 rings (SSSR count). The molecule has 33 heavy (non-hydrogen) atoms. The summed E-state index contributed by atoms with van der Waals surface area (Å²) < 4.78 is 7.52. The summed E-state index contributed by atoms with van der Waals surface area (Å²) in [6.07, 6.45) is 3.02. The summed E-state index contributed by atoms with van der Waals surface area (Å²) in [7, 11) is 0. The van der Waals surface area contributed by atoms with Gasteiger partial charge in [0.25, 0.3) is 11.5 Å². The lowest BCUT2D eigenvalue weighted by molar-refractivity contribution is -0.199. The van der Waals surface area contributed by atoms with Gasteiger partial charge in [0.05, 0.1) is 29.3 Å². The quantitative estimate of drug-likeness (QED) is 0.532. The van der Waals surface area contributed by atoms with E-state index in [1.807, 2.05) is 24.0 Å². The molecule has 4 heterocycles. The lowest BCUT2D eigenvalue weighted by Crippen LogP contribution is -2.58. The summed E-state index contributed by atoms with van der Waals surface area (Å²) in [6, 6.07) is 6.19. The van der Waals surface area contributed by atoms with Gasteiger partial charge in [0.15, 0.2) is 0 Å². The molecule has 2 aromatic heterocycles. The number of rotatable bonds is 2. The normalized spacial score (nSPS) is 24.9. The van der Waals surface area contributed by atoms with Crippen molar-refractivity contribution in [3.63, 3.8) is 0 Å². The Morgan fingerprint density at radius 3 is 2.70 bits per heavy atom. The molecule has 2 atom stereocenters. The third-order valence-corrected chi connectivity index (χ3v) is 6.95. The lowest BCUT2D eigenvalue weighted by Gasteiger charge is -2.51. The zero-order valence-electron chi connectivity index (χ0n) is 18.6. The first-order chi connectivity index (χ1) is 15.7. The van der Waals surface area contributed by atoms with E-state index < -0.39 is 28.5 Å². The number of hydrogen-bond donors (Lipinski definition) is 3. The van der Waals surface area contributed by atoms with E-state index in [0.717, 1.165) is 16.9 Å². The summed E-state index contributed by atoms with van der Waals surface area (Å²) in [5.41, 5.74) is -0.587. The van der Waals surface area contributed by atoms with Crippen molar-refractivity contribution in [1.82, 2.24) is 24.4 Å². The molecule has 0 bridgehead atoms. The molecule has 0 saturated carbocycles. The molecule has 1 amide bonds. The predicted molar refractivity (Wildman–Crippen MR) is 120 cm³/mol. The van der Waals surface area contributed by atoms with Crippen molar-refractivity contribution in [3.8, 4) is 0 Å². The Hall–Kier alpha value is -3.24. The number of aryl methyl sites for hydroxylation is 1. The largest absolute Gasteiger partial charge is 0.386 e. The first kappa shape index (κ1) is 21.6. The summed E-state index contributed by atoms with van der Waals surface area (Å²) >= 11 is 0. The molecule has 174 valence electrons. The number of carbonyl (C=O) groups excluding carboxylic acids is 1. The van der Waals surface area contributed by atoms with Crippen LogP contribution in [0.5, 0.6) is 0 Å². The zero-order chi connectivity index (χ0) is 23.4. The summed E-state index contributed by atoms with van der Waals surface area (Å²) in [6.45, 7) is 4.59. The fourth-order valence-electron chi connectivity index (χ4n) is 5.02. The van der Waals surface area contributed by atoms with Crippen LogP contribution in [0.1, 0.15) is 48.4 Å². The van der Waals surface area contributed by atoms with E-state index in [-0.39, 0.29) is 12.5 Å². The minimum absolute atomic E-state index is 0.0461. The van der Waals surface area contributed by atoms with Gasteiger partial charge >= 0.3 is 5.69 Å². The van der Waals surface area contributed by atoms with Crippen LogP contribution in [-0.4, -0.2) is 66.3 Å². The lowest BCUT2D eigenvalue weighted by atomic mass is 9.77. The summed E-state index contributed by atoms with van der Waals surface area (Å²) in [5.74, 6) is 0.756. The number of likely N-dealkylation sites (tertiary alicyclic amines) is 1. The number of H-pyrrole nitrogens is 2. The number of carbonyl (C=O) groups is 1. The van der Waals surface area contributed by atoms with E-state index >= 15 is 0 Å². The van der Waals surface area contributed by atoms with Crippen LogP contribution in [0.3, 0.4) is 0 Å². The third kappa shape index (κ3) is 3.89. The molecule has 2 fully saturated rings. The Labute approximate surface area is 189 Å². The molecule has 2 aliphatic heterocycles. The van der Waals surface area contributed by atoms with Crippen molar-refractivity contribution in [2.24, 2.45) is 0 Å². The topological polar surface area (TPSA) is 133 Å². The zero-order valence-corrected chi connectivity index (χ0v) is 18.6.